The molecule has 2 aromatic rings. The van der Waals surface area contributed by atoms with Gasteiger partial charge in [-0.25, -0.2) is 4.79 Å². The van der Waals surface area contributed by atoms with E-state index < -0.39 is 12.8 Å². The molecular weight excluding hydrogens is 461 g/mol. The van der Waals surface area contributed by atoms with Gasteiger partial charge in [0.25, 0.3) is 0 Å². The molecule has 2 heterocycles. The lowest BCUT2D eigenvalue weighted by Gasteiger charge is -2.47. The van der Waals surface area contributed by atoms with Crippen LogP contribution in [0.2, 0.25) is 0 Å². The number of nitrogens with zero attached hydrogens (tertiary/aromatic N) is 4. The van der Waals surface area contributed by atoms with Gasteiger partial charge < -0.3 is 14.4 Å². The van der Waals surface area contributed by atoms with Crippen LogP contribution in [-0.2, 0) is 22.9 Å². The van der Waals surface area contributed by atoms with E-state index >= 15 is 0 Å². The largest absolute Gasteiger partial charge is 0.465 e. The van der Waals surface area contributed by atoms with Crippen LogP contribution in [-0.4, -0.2) is 78.4 Å². The highest BCUT2D eigenvalue weighted by Crippen LogP contribution is 2.39. The molecule has 2 fully saturated rings. The van der Waals surface area contributed by atoms with E-state index in [2.05, 4.69) is 28.7 Å². The second kappa shape index (κ2) is 10.3. The molecule has 0 spiro atoms. The summed E-state index contributed by atoms with van der Waals surface area (Å²) in [6.07, 6.45) is 1.91. The molecule has 1 aromatic heterocycles. The number of benzene rings is 1. The molecule has 0 amide bonds. The van der Waals surface area contributed by atoms with Crippen molar-refractivity contribution in [3.8, 4) is 0 Å². The zero-order valence-corrected chi connectivity index (χ0v) is 20.9. The maximum atomic E-state index is 12.6. The number of hydrogen-bond donors (Lipinski definition) is 0. The van der Waals surface area contributed by atoms with Crippen LogP contribution in [0.1, 0.15) is 55.5 Å². The SMILES string of the molecule is CCc1c(C(=O)OC)cc2c(cnn2C)c1N(CC)C1CCC(N2CC(OCC(F)(F)F)C2)CC1. The third-order valence-electron chi connectivity index (χ3n) is 7.50. The molecular formula is C25H35F3N4O3. The Hall–Kier alpha value is -2.33. The predicted molar refractivity (Wildman–Crippen MR) is 128 cm³/mol. The van der Waals surface area contributed by atoms with Crippen LogP contribution in [0.5, 0.6) is 0 Å². The molecule has 1 saturated carbocycles. The van der Waals surface area contributed by atoms with Crippen LogP contribution in [0.4, 0.5) is 18.9 Å². The highest BCUT2D eigenvalue weighted by atomic mass is 19.4. The van der Waals surface area contributed by atoms with Gasteiger partial charge in [0.05, 0.1) is 36.2 Å². The van der Waals surface area contributed by atoms with Gasteiger partial charge in [-0.3, -0.25) is 9.58 Å². The van der Waals surface area contributed by atoms with Crippen LogP contribution >= 0.6 is 0 Å². The first kappa shape index (κ1) is 25.8. The first-order valence-corrected chi connectivity index (χ1v) is 12.4. The minimum absolute atomic E-state index is 0.316. The van der Waals surface area contributed by atoms with Gasteiger partial charge in [-0.15, -0.1) is 0 Å². The number of carbonyl (C=O) groups is 1. The van der Waals surface area contributed by atoms with E-state index in [-0.39, 0.29) is 12.1 Å². The van der Waals surface area contributed by atoms with Crippen molar-refractivity contribution in [2.45, 2.75) is 70.3 Å². The number of hydrogen-bond acceptors (Lipinski definition) is 6. The number of anilines is 1. The molecule has 1 aromatic carbocycles. The number of fused-ring (bicyclic) bond motifs is 1. The van der Waals surface area contributed by atoms with Crippen molar-refractivity contribution < 1.29 is 27.4 Å². The fourth-order valence-electron chi connectivity index (χ4n) is 5.71. The van der Waals surface area contributed by atoms with Crippen LogP contribution in [0.3, 0.4) is 0 Å². The van der Waals surface area contributed by atoms with E-state index in [0.29, 0.717) is 37.2 Å². The number of carbonyl (C=O) groups excluding carboxylic acids is 1. The molecule has 1 aliphatic carbocycles. The quantitative estimate of drug-likeness (QED) is 0.508. The lowest BCUT2D eigenvalue weighted by molar-refractivity contribution is -0.202. The summed E-state index contributed by atoms with van der Waals surface area (Å²) >= 11 is 0. The number of methoxy groups -OCH3 is 1. The van der Waals surface area contributed by atoms with E-state index in [4.69, 9.17) is 9.47 Å². The lowest BCUT2D eigenvalue weighted by atomic mass is 9.86. The number of alkyl halides is 3. The number of likely N-dealkylation sites (tertiary alicyclic amines) is 1. The van der Waals surface area contributed by atoms with Crippen LogP contribution < -0.4 is 4.90 Å². The summed E-state index contributed by atoms with van der Waals surface area (Å²) < 4.78 is 49.0. The van der Waals surface area contributed by atoms with Crippen molar-refractivity contribution in [2.75, 3.05) is 38.3 Å². The minimum atomic E-state index is -4.27. The molecule has 0 bridgehead atoms. The summed E-state index contributed by atoms with van der Waals surface area (Å²) in [6, 6.07) is 2.57. The van der Waals surface area contributed by atoms with Crippen LogP contribution in [0.15, 0.2) is 12.3 Å². The zero-order chi connectivity index (χ0) is 25.3. The van der Waals surface area contributed by atoms with Crippen molar-refractivity contribution in [1.82, 2.24) is 14.7 Å². The van der Waals surface area contributed by atoms with Gasteiger partial charge in [-0.05, 0) is 50.7 Å². The second-order valence-electron chi connectivity index (χ2n) is 9.55. The van der Waals surface area contributed by atoms with E-state index in [1.54, 1.807) is 4.68 Å². The molecule has 194 valence electrons. The van der Waals surface area contributed by atoms with Gasteiger partial charge in [0.1, 0.15) is 6.61 Å². The summed E-state index contributed by atoms with van der Waals surface area (Å²) in [6.45, 7) is 4.96. The van der Waals surface area contributed by atoms with Crippen LogP contribution in [0, 0.1) is 0 Å². The van der Waals surface area contributed by atoms with Crippen molar-refractivity contribution in [3.05, 3.63) is 23.4 Å². The number of ether oxygens (including phenoxy) is 2. The van der Waals surface area contributed by atoms with Crippen molar-refractivity contribution in [1.29, 1.82) is 0 Å². The number of halogens is 3. The lowest BCUT2D eigenvalue weighted by Crippen LogP contribution is -2.58. The number of rotatable bonds is 8. The van der Waals surface area contributed by atoms with E-state index in [0.717, 1.165) is 54.4 Å². The van der Waals surface area contributed by atoms with Gasteiger partial charge in [0, 0.05) is 44.2 Å². The van der Waals surface area contributed by atoms with E-state index in [1.165, 1.54) is 7.11 Å². The number of aromatic nitrogens is 2. The monoisotopic (exact) mass is 496 g/mol. The number of aryl methyl sites for hydroxylation is 1. The topological polar surface area (TPSA) is 59.8 Å². The van der Waals surface area contributed by atoms with E-state index in [1.807, 2.05) is 19.3 Å². The van der Waals surface area contributed by atoms with Gasteiger partial charge in [-0.1, -0.05) is 6.92 Å². The third kappa shape index (κ3) is 5.28. The molecule has 4 rings (SSSR count). The summed E-state index contributed by atoms with van der Waals surface area (Å²) in [5.74, 6) is -0.342. The fourth-order valence-corrected chi connectivity index (χ4v) is 5.71. The fraction of sp³-hybridized carbons (Fsp3) is 0.680. The number of esters is 1. The Kier molecular flexibility index (Phi) is 7.61. The predicted octanol–water partition coefficient (Wildman–Crippen LogP) is 4.32. The normalized spacial score (nSPS) is 21.8. The highest BCUT2D eigenvalue weighted by molar-refractivity contribution is 6.03. The Bertz CT molecular complexity index is 1040. The smallest absolute Gasteiger partial charge is 0.411 e. The minimum Gasteiger partial charge on any atom is -0.465 e. The molecule has 35 heavy (non-hydrogen) atoms. The Labute approximate surface area is 204 Å². The summed E-state index contributed by atoms with van der Waals surface area (Å²) in [5.41, 5.74) is 3.52. The van der Waals surface area contributed by atoms with Gasteiger partial charge in [0.15, 0.2) is 0 Å². The average molecular weight is 497 g/mol. The van der Waals surface area contributed by atoms with Crippen molar-refractivity contribution in [2.24, 2.45) is 7.05 Å². The molecule has 0 N–H and O–H groups in total. The zero-order valence-electron chi connectivity index (χ0n) is 20.9. The molecule has 10 heteroatoms. The molecule has 0 radical (unpaired) electrons. The Morgan fingerprint density at radius 3 is 2.46 bits per heavy atom. The summed E-state index contributed by atoms with van der Waals surface area (Å²) in [7, 11) is 3.28. The third-order valence-corrected chi connectivity index (χ3v) is 7.50. The van der Waals surface area contributed by atoms with E-state index in [9.17, 15) is 18.0 Å². The molecule has 7 nitrogen and oxygen atoms in total. The standard InChI is InChI=1S/C25H35F3N4O3/c1-5-19-20(24(33)34-4)11-22-21(12-29-30(22)3)23(19)32(6-2)17-9-7-16(8-10-17)31-13-18(14-31)35-15-25(26,27)28/h11-12,16-18H,5-10,13-15H2,1-4H3. The summed E-state index contributed by atoms with van der Waals surface area (Å²) in [4.78, 5) is 17.3. The van der Waals surface area contributed by atoms with Crippen molar-refractivity contribution in [3.63, 3.8) is 0 Å². The summed E-state index contributed by atoms with van der Waals surface area (Å²) in [5, 5.41) is 5.50. The average Bonchev–Trinajstić information content (AvgIpc) is 3.18. The molecule has 0 atom stereocenters. The first-order chi connectivity index (χ1) is 16.7. The Balaban J connectivity index is 1.49. The maximum Gasteiger partial charge on any atom is 0.411 e. The van der Waals surface area contributed by atoms with Gasteiger partial charge in [-0.2, -0.15) is 18.3 Å². The van der Waals surface area contributed by atoms with Crippen LogP contribution in [0.25, 0.3) is 10.9 Å². The molecule has 1 saturated heterocycles. The maximum absolute atomic E-state index is 12.6. The Morgan fingerprint density at radius 1 is 1.20 bits per heavy atom. The van der Waals surface area contributed by atoms with Gasteiger partial charge >= 0.3 is 12.1 Å². The molecule has 2 aliphatic rings. The van der Waals surface area contributed by atoms with Crippen molar-refractivity contribution >= 4 is 22.6 Å². The molecule has 0 unspecified atom stereocenters. The first-order valence-electron chi connectivity index (χ1n) is 12.4. The van der Waals surface area contributed by atoms with Gasteiger partial charge in [0.2, 0.25) is 0 Å². The highest BCUT2D eigenvalue weighted by Gasteiger charge is 2.39. The molecule has 1 aliphatic heterocycles. The second-order valence-corrected chi connectivity index (χ2v) is 9.55. The Morgan fingerprint density at radius 2 is 1.89 bits per heavy atom.